The second-order valence-electron chi connectivity index (χ2n) is 4.96. The van der Waals surface area contributed by atoms with Gasteiger partial charge in [0, 0.05) is 18.3 Å². The highest BCUT2D eigenvalue weighted by Crippen LogP contribution is 2.34. The molecule has 0 aliphatic carbocycles. The van der Waals surface area contributed by atoms with Crippen molar-refractivity contribution < 1.29 is 23.1 Å². The number of likely N-dealkylation sites (tertiary alicyclic amines) is 1. The fraction of sp³-hybridized carbons (Fsp3) is 0.462. The summed E-state index contributed by atoms with van der Waals surface area (Å²) in [4.78, 5) is 12.9. The number of benzene rings is 1. The van der Waals surface area contributed by atoms with Gasteiger partial charge in [0.05, 0.1) is 11.1 Å². The lowest BCUT2D eigenvalue weighted by atomic mass is 10.1. The molecule has 0 spiro atoms. The molecule has 2 N–H and O–H groups in total. The van der Waals surface area contributed by atoms with Crippen molar-refractivity contribution in [1.82, 2.24) is 4.90 Å². The Hall–Kier alpha value is -1.76. The molecule has 1 atom stereocenters. The largest absolute Gasteiger partial charge is 0.478 e. The summed E-state index contributed by atoms with van der Waals surface area (Å²) in [5, 5.41) is 11.8. The number of halogens is 3. The molecule has 1 fully saturated rings. The Bertz CT molecular complexity index is 517. The van der Waals surface area contributed by atoms with Crippen molar-refractivity contribution in [1.29, 1.82) is 0 Å². The molecule has 110 valence electrons. The van der Waals surface area contributed by atoms with E-state index in [0.717, 1.165) is 31.6 Å². The third kappa shape index (κ3) is 3.22. The van der Waals surface area contributed by atoms with E-state index >= 15 is 0 Å². The number of alkyl halides is 3. The molecular weight excluding hydrogens is 273 g/mol. The lowest BCUT2D eigenvalue weighted by molar-refractivity contribution is -0.138. The molecule has 1 saturated heterocycles. The maximum absolute atomic E-state index is 12.9. The summed E-state index contributed by atoms with van der Waals surface area (Å²) in [6, 6.07) is 3.31. The van der Waals surface area contributed by atoms with Crippen molar-refractivity contribution in [3.05, 3.63) is 29.3 Å². The third-order valence-electron chi connectivity index (χ3n) is 3.32. The Morgan fingerprint density at radius 2 is 2.15 bits per heavy atom. The number of carboxylic acid groups (broad SMARTS) is 1. The Morgan fingerprint density at radius 1 is 1.45 bits per heavy atom. The Balaban J connectivity index is 2.25. The molecule has 7 heteroatoms. The SMILES string of the molecule is CN1CCC(Nc2ccc(C(=O)O)c(C(F)(F)F)c2)C1. The van der Waals surface area contributed by atoms with Crippen LogP contribution in [0, 0.1) is 0 Å². The molecule has 20 heavy (non-hydrogen) atoms. The lowest BCUT2D eigenvalue weighted by Crippen LogP contribution is -2.24. The van der Waals surface area contributed by atoms with Crippen molar-refractivity contribution in [3.8, 4) is 0 Å². The van der Waals surface area contributed by atoms with Gasteiger partial charge in [-0.25, -0.2) is 4.79 Å². The van der Waals surface area contributed by atoms with Crippen LogP contribution in [-0.4, -0.2) is 42.2 Å². The summed E-state index contributed by atoms with van der Waals surface area (Å²) in [6.45, 7) is 1.64. The minimum atomic E-state index is -4.68. The Labute approximate surface area is 114 Å². The smallest absolute Gasteiger partial charge is 0.417 e. The molecule has 1 aliphatic heterocycles. The summed E-state index contributed by atoms with van der Waals surface area (Å²) in [6.07, 6.45) is -3.84. The first kappa shape index (κ1) is 14.6. The van der Waals surface area contributed by atoms with Crippen molar-refractivity contribution in [3.63, 3.8) is 0 Å². The molecule has 4 nitrogen and oxygen atoms in total. The number of hydrogen-bond acceptors (Lipinski definition) is 3. The van der Waals surface area contributed by atoms with Crippen LogP contribution in [0.25, 0.3) is 0 Å². The Morgan fingerprint density at radius 3 is 2.65 bits per heavy atom. The van der Waals surface area contributed by atoms with E-state index < -0.39 is 23.3 Å². The van der Waals surface area contributed by atoms with Crippen LogP contribution in [0.5, 0.6) is 0 Å². The minimum Gasteiger partial charge on any atom is -0.478 e. The fourth-order valence-corrected chi connectivity index (χ4v) is 2.34. The first-order valence-electron chi connectivity index (χ1n) is 6.17. The number of rotatable bonds is 3. The van der Waals surface area contributed by atoms with E-state index in [0.29, 0.717) is 5.69 Å². The van der Waals surface area contributed by atoms with Gasteiger partial charge in [-0.2, -0.15) is 13.2 Å². The molecule has 1 unspecified atom stereocenters. The molecule has 2 rings (SSSR count). The van der Waals surface area contributed by atoms with Crippen LogP contribution in [0.2, 0.25) is 0 Å². The van der Waals surface area contributed by atoms with Gasteiger partial charge in [0.25, 0.3) is 0 Å². The maximum atomic E-state index is 12.9. The van der Waals surface area contributed by atoms with Crippen LogP contribution in [0.15, 0.2) is 18.2 Å². The predicted molar refractivity (Wildman–Crippen MR) is 67.9 cm³/mol. The number of nitrogens with one attached hydrogen (secondary N) is 1. The van der Waals surface area contributed by atoms with E-state index in [1.165, 1.54) is 6.07 Å². The molecule has 0 aromatic heterocycles. The van der Waals surface area contributed by atoms with Crippen molar-refractivity contribution >= 4 is 11.7 Å². The van der Waals surface area contributed by atoms with Crippen LogP contribution < -0.4 is 5.32 Å². The summed E-state index contributed by atoms with van der Waals surface area (Å²) in [5.41, 5.74) is -1.56. The summed E-state index contributed by atoms with van der Waals surface area (Å²) < 4.78 is 38.6. The first-order chi connectivity index (χ1) is 9.27. The molecule has 0 saturated carbocycles. The fourth-order valence-electron chi connectivity index (χ4n) is 2.34. The van der Waals surface area contributed by atoms with Crippen LogP contribution >= 0.6 is 0 Å². The monoisotopic (exact) mass is 288 g/mol. The molecule has 1 aromatic carbocycles. The lowest BCUT2D eigenvalue weighted by Gasteiger charge is -2.17. The van der Waals surface area contributed by atoms with Crippen molar-refractivity contribution in [2.75, 3.05) is 25.5 Å². The van der Waals surface area contributed by atoms with E-state index in [1.54, 1.807) is 0 Å². The molecule has 0 bridgehead atoms. The molecule has 1 heterocycles. The highest BCUT2D eigenvalue weighted by atomic mass is 19.4. The van der Waals surface area contributed by atoms with Crippen LogP contribution in [0.1, 0.15) is 22.3 Å². The number of carbonyl (C=O) groups is 1. The third-order valence-corrected chi connectivity index (χ3v) is 3.32. The van der Waals surface area contributed by atoms with Gasteiger partial charge in [-0.05, 0) is 38.2 Å². The zero-order valence-corrected chi connectivity index (χ0v) is 10.9. The van der Waals surface area contributed by atoms with Crippen LogP contribution in [-0.2, 0) is 6.18 Å². The van der Waals surface area contributed by atoms with Crippen molar-refractivity contribution in [2.45, 2.75) is 18.6 Å². The van der Waals surface area contributed by atoms with Gasteiger partial charge in [-0.1, -0.05) is 0 Å². The molecule has 1 aliphatic rings. The Kier molecular flexibility index (Phi) is 3.89. The summed E-state index contributed by atoms with van der Waals surface area (Å²) >= 11 is 0. The number of hydrogen-bond donors (Lipinski definition) is 2. The van der Waals surface area contributed by atoms with E-state index in [-0.39, 0.29) is 6.04 Å². The minimum absolute atomic E-state index is 0.0803. The van der Waals surface area contributed by atoms with Gasteiger partial charge in [-0.15, -0.1) is 0 Å². The van der Waals surface area contributed by atoms with E-state index in [9.17, 15) is 18.0 Å². The van der Waals surface area contributed by atoms with Gasteiger partial charge in [-0.3, -0.25) is 0 Å². The quantitative estimate of drug-likeness (QED) is 0.897. The topological polar surface area (TPSA) is 52.6 Å². The van der Waals surface area contributed by atoms with Gasteiger partial charge in [0.2, 0.25) is 0 Å². The second kappa shape index (κ2) is 5.32. The predicted octanol–water partition coefficient (Wildman–Crippen LogP) is 2.52. The highest BCUT2D eigenvalue weighted by molar-refractivity contribution is 5.90. The van der Waals surface area contributed by atoms with Gasteiger partial charge in [0.15, 0.2) is 0 Å². The van der Waals surface area contributed by atoms with Crippen molar-refractivity contribution in [2.24, 2.45) is 0 Å². The number of nitrogens with zero attached hydrogens (tertiary/aromatic N) is 1. The van der Waals surface area contributed by atoms with Gasteiger partial charge < -0.3 is 15.3 Å². The second-order valence-corrected chi connectivity index (χ2v) is 4.96. The average molecular weight is 288 g/mol. The number of aromatic carboxylic acids is 1. The van der Waals surface area contributed by atoms with E-state index in [1.807, 2.05) is 7.05 Å². The van der Waals surface area contributed by atoms with E-state index in [2.05, 4.69) is 10.2 Å². The van der Waals surface area contributed by atoms with E-state index in [4.69, 9.17) is 5.11 Å². The molecule has 1 aromatic rings. The number of carboxylic acids is 1. The van der Waals surface area contributed by atoms with Gasteiger partial charge >= 0.3 is 12.1 Å². The standard InChI is InChI=1S/C13H15F3N2O2/c1-18-5-4-9(7-18)17-8-2-3-10(12(19)20)11(6-8)13(14,15)16/h2-3,6,9,17H,4-5,7H2,1H3,(H,19,20). The van der Waals surface area contributed by atoms with Crippen LogP contribution in [0.4, 0.5) is 18.9 Å². The normalized spacial score (nSPS) is 20.1. The summed E-state index contributed by atoms with van der Waals surface area (Å²) in [5.74, 6) is -1.58. The zero-order valence-electron chi connectivity index (χ0n) is 10.9. The van der Waals surface area contributed by atoms with Gasteiger partial charge in [0.1, 0.15) is 0 Å². The molecule has 0 amide bonds. The summed E-state index contributed by atoms with van der Waals surface area (Å²) in [7, 11) is 1.94. The molecule has 0 radical (unpaired) electrons. The van der Waals surface area contributed by atoms with Crippen LogP contribution in [0.3, 0.4) is 0 Å². The highest BCUT2D eigenvalue weighted by Gasteiger charge is 2.35. The maximum Gasteiger partial charge on any atom is 0.417 e. The first-order valence-corrected chi connectivity index (χ1v) is 6.17. The number of likely N-dealkylation sites (N-methyl/N-ethyl adjacent to an activating group) is 1. The zero-order chi connectivity index (χ0) is 14.9. The number of anilines is 1. The molecular formula is C13H15F3N2O2. The average Bonchev–Trinajstić information content (AvgIpc) is 2.73.